The van der Waals surface area contributed by atoms with E-state index in [0.717, 1.165) is 16.9 Å². The van der Waals surface area contributed by atoms with E-state index < -0.39 is 0 Å². The molecular weight excluding hydrogens is 351 g/mol. The van der Waals surface area contributed by atoms with E-state index in [2.05, 4.69) is 20.6 Å². The van der Waals surface area contributed by atoms with Crippen molar-refractivity contribution in [1.82, 2.24) is 15.3 Å². The first-order valence-corrected chi connectivity index (χ1v) is 9.12. The fourth-order valence-electron chi connectivity index (χ4n) is 2.38. The number of pyridine rings is 1. The van der Waals surface area contributed by atoms with Crippen molar-refractivity contribution < 1.29 is 9.18 Å². The summed E-state index contributed by atoms with van der Waals surface area (Å²) in [6.07, 6.45) is 2.62. The largest absolute Gasteiger partial charge is 0.355 e. The Balaban J connectivity index is 1.46. The van der Waals surface area contributed by atoms with Crippen LogP contribution in [0.5, 0.6) is 0 Å². The highest BCUT2D eigenvalue weighted by molar-refractivity contribution is 7.13. The molecule has 0 aliphatic rings. The summed E-state index contributed by atoms with van der Waals surface area (Å²) in [6, 6.07) is 10.1. The lowest BCUT2D eigenvalue weighted by Gasteiger charge is -2.04. The Labute approximate surface area is 155 Å². The highest BCUT2D eigenvalue weighted by atomic mass is 32.1. The van der Waals surface area contributed by atoms with Gasteiger partial charge in [0.2, 0.25) is 5.91 Å². The second-order valence-corrected chi connectivity index (χ2v) is 6.75. The van der Waals surface area contributed by atoms with E-state index in [9.17, 15) is 9.18 Å². The molecule has 2 aromatic heterocycles. The fourth-order valence-corrected chi connectivity index (χ4v) is 3.10. The molecule has 1 aromatic carbocycles. The zero-order valence-electron chi connectivity index (χ0n) is 14.3. The van der Waals surface area contributed by atoms with Gasteiger partial charge in [0.25, 0.3) is 0 Å². The third-order valence-electron chi connectivity index (χ3n) is 3.69. The van der Waals surface area contributed by atoms with Gasteiger partial charge in [0.05, 0.1) is 12.1 Å². The summed E-state index contributed by atoms with van der Waals surface area (Å²) in [6.45, 7) is 2.50. The van der Waals surface area contributed by atoms with Gasteiger partial charge in [-0.05, 0) is 48.7 Å². The Bertz CT molecular complexity index is 879. The summed E-state index contributed by atoms with van der Waals surface area (Å²) in [5, 5.41) is 8.57. The molecule has 2 N–H and O–H groups in total. The van der Waals surface area contributed by atoms with Gasteiger partial charge in [-0.1, -0.05) is 12.1 Å². The van der Waals surface area contributed by atoms with Crippen molar-refractivity contribution >= 4 is 28.2 Å². The van der Waals surface area contributed by atoms with Gasteiger partial charge in [-0.2, -0.15) is 0 Å². The van der Waals surface area contributed by atoms with Crippen LogP contribution in [0.4, 0.5) is 15.3 Å². The van der Waals surface area contributed by atoms with E-state index in [-0.39, 0.29) is 18.1 Å². The molecule has 7 heteroatoms. The second-order valence-electron chi connectivity index (χ2n) is 5.89. The standard InChI is InChI=1S/C19H19FN4OS/c1-13-6-8-21-17(10-13)24-19-23-16(12-26-19)11-18(25)22-9-7-14-2-4-15(20)5-3-14/h2-6,8,10,12H,7,9,11H2,1H3,(H,22,25)(H,21,23,24). The SMILES string of the molecule is Cc1ccnc(Nc2nc(CC(=O)NCCc3ccc(F)cc3)cs2)c1. The van der Waals surface area contributed by atoms with E-state index in [1.165, 1.54) is 23.5 Å². The van der Waals surface area contributed by atoms with Crippen LogP contribution >= 0.6 is 11.3 Å². The lowest BCUT2D eigenvalue weighted by Crippen LogP contribution is -2.27. The number of hydrogen-bond acceptors (Lipinski definition) is 5. The molecule has 0 saturated heterocycles. The number of aryl methyl sites for hydroxylation is 1. The van der Waals surface area contributed by atoms with Crippen molar-refractivity contribution in [2.45, 2.75) is 19.8 Å². The third kappa shape index (κ3) is 5.35. The molecule has 3 aromatic rings. The minimum atomic E-state index is -0.258. The van der Waals surface area contributed by atoms with Crippen LogP contribution in [0, 0.1) is 12.7 Å². The maximum absolute atomic E-state index is 12.9. The maximum Gasteiger partial charge on any atom is 0.226 e. The minimum absolute atomic E-state index is 0.0855. The predicted octanol–water partition coefficient (Wildman–Crippen LogP) is 3.63. The average Bonchev–Trinajstić information content (AvgIpc) is 3.03. The number of rotatable bonds is 7. The van der Waals surface area contributed by atoms with Crippen molar-refractivity contribution in [2.75, 3.05) is 11.9 Å². The van der Waals surface area contributed by atoms with Gasteiger partial charge >= 0.3 is 0 Å². The Kier molecular flexibility index (Phi) is 5.91. The van der Waals surface area contributed by atoms with Crippen LogP contribution < -0.4 is 10.6 Å². The topological polar surface area (TPSA) is 66.9 Å². The van der Waals surface area contributed by atoms with Crippen LogP contribution in [0.2, 0.25) is 0 Å². The van der Waals surface area contributed by atoms with Crippen molar-refractivity contribution in [3.63, 3.8) is 0 Å². The number of nitrogens with one attached hydrogen (secondary N) is 2. The van der Waals surface area contributed by atoms with E-state index in [0.29, 0.717) is 23.8 Å². The zero-order valence-corrected chi connectivity index (χ0v) is 15.1. The van der Waals surface area contributed by atoms with Gasteiger partial charge in [0.1, 0.15) is 11.6 Å². The molecule has 134 valence electrons. The number of aromatic nitrogens is 2. The van der Waals surface area contributed by atoms with E-state index in [4.69, 9.17) is 0 Å². The van der Waals surface area contributed by atoms with Crippen molar-refractivity contribution in [3.05, 3.63) is 70.6 Å². The molecule has 0 radical (unpaired) electrons. The van der Waals surface area contributed by atoms with Crippen LogP contribution in [-0.2, 0) is 17.6 Å². The first-order valence-electron chi connectivity index (χ1n) is 8.24. The monoisotopic (exact) mass is 370 g/mol. The zero-order chi connectivity index (χ0) is 18.4. The van der Waals surface area contributed by atoms with Crippen LogP contribution in [0.1, 0.15) is 16.8 Å². The first-order chi connectivity index (χ1) is 12.6. The van der Waals surface area contributed by atoms with Crippen LogP contribution in [0.3, 0.4) is 0 Å². The quantitative estimate of drug-likeness (QED) is 0.666. The summed E-state index contributed by atoms with van der Waals surface area (Å²) in [5.74, 6) is 0.388. The lowest BCUT2D eigenvalue weighted by atomic mass is 10.1. The maximum atomic E-state index is 12.9. The molecule has 0 atom stereocenters. The number of halogens is 1. The molecule has 0 spiro atoms. The first kappa shape index (κ1) is 18.0. The number of anilines is 2. The lowest BCUT2D eigenvalue weighted by molar-refractivity contribution is -0.120. The summed E-state index contributed by atoms with van der Waals surface area (Å²) in [7, 11) is 0. The molecule has 0 saturated carbocycles. The molecule has 1 amide bonds. The second kappa shape index (κ2) is 8.53. The van der Waals surface area contributed by atoms with Crippen LogP contribution in [0.25, 0.3) is 0 Å². The van der Waals surface area contributed by atoms with Gasteiger partial charge in [-0.3, -0.25) is 4.79 Å². The molecular formula is C19H19FN4OS. The summed E-state index contributed by atoms with van der Waals surface area (Å²) >= 11 is 1.44. The summed E-state index contributed by atoms with van der Waals surface area (Å²) in [4.78, 5) is 20.7. The number of hydrogen-bond donors (Lipinski definition) is 2. The Morgan fingerprint density at radius 2 is 2.04 bits per heavy atom. The number of carbonyl (C=O) groups is 1. The Morgan fingerprint density at radius 1 is 1.23 bits per heavy atom. The minimum Gasteiger partial charge on any atom is -0.355 e. The van der Waals surface area contributed by atoms with Crippen molar-refractivity contribution in [3.8, 4) is 0 Å². The molecule has 2 heterocycles. The molecule has 3 rings (SSSR count). The number of thiazole rings is 1. The van der Waals surface area contributed by atoms with Crippen molar-refractivity contribution in [2.24, 2.45) is 0 Å². The summed E-state index contributed by atoms with van der Waals surface area (Å²) in [5.41, 5.74) is 2.81. The molecule has 26 heavy (non-hydrogen) atoms. The number of carbonyl (C=O) groups excluding carboxylic acids is 1. The van der Waals surface area contributed by atoms with Gasteiger partial charge in [-0.25, -0.2) is 14.4 Å². The third-order valence-corrected chi connectivity index (χ3v) is 4.50. The smallest absolute Gasteiger partial charge is 0.226 e. The summed E-state index contributed by atoms with van der Waals surface area (Å²) < 4.78 is 12.9. The van der Waals surface area contributed by atoms with Crippen LogP contribution in [-0.4, -0.2) is 22.4 Å². The van der Waals surface area contributed by atoms with E-state index >= 15 is 0 Å². The molecule has 0 aliphatic carbocycles. The van der Waals surface area contributed by atoms with Gasteiger partial charge in [-0.15, -0.1) is 11.3 Å². The highest BCUT2D eigenvalue weighted by Crippen LogP contribution is 2.20. The molecule has 0 aliphatic heterocycles. The highest BCUT2D eigenvalue weighted by Gasteiger charge is 2.08. The Morgan fingerprint density at radius 3 is 2.81 bits per heavy atom. The number of nitrogens with zero attached hydrogens (tertiary/aromatic N) is 2. The molecule has 0 unspecified atom stereocenters. The molecule has 5 nitrogen and oxygen atoms in total. The Hall–Kier alpha value is -2.80. The fraction of sp³-hybridized carbons (Fsp3) is 0.211. The molecule has 0 bridgehead atoms. The van der Waals surface area contributed by atoms with Crippen LogP contribution in [0.15, 0.2) is 48.0 Å². The number of amides is 1. The molecule has 0 fully saturated rings. The van der Waals surface area contributed by atoms with Gasteiger partial charge < -0.3 is 10.6 Å². The van der Waals surface area contributed by atoms with Gasteiger partial charge in [0.15, 0.2) is 5.13 Å². The van der Waals surface area contributed by atoms with E-state index in [1.807, 2.05) is 24.4 Å². The predicted molar refractivity (Wildman–Crippen MR) is 101 cm³/mol. The van der Waals surface area contributed by atoms with Crippen molar-refractivity contribution in [1.29, 1.82) is 0 Å². The van der Waals surface area contributed by atoms with Gasteiger partial charge in [0, 0.05) is 18.1 Å². The van der Waals surface area contributed by atoms with E-state index in [1.54, 1.807) is 18.3 Å². The average molecular weight is 370 g/mol. The normalized spacial score (nSPS) is 10.5. The number of benzene rings is 1.